The minimum Gasteiger partial charge on any atom is -0.480 e. The maximum atomic E-state index is 13.0. The first kappa shape index (κ1) is 22.6. The van der Waals surface area contributed by atoms with Crippen molar-refractivity contribution < 1.29 is 24.3 Å². The molecule has 4 amide bonds. The predicted molar refractivity (Wildman–Crippen MR) is 115 cm³/mol. The van der Waals surface area contributed by atoms with E-state index in [0.29, 0.717) is 34.1 Å². The lowest BCUT2D eigenvalue weighted by Gasteiger charge is -2.28. The van der Waals surface area contributed by atoms with E-state index in [1.54, 1.807) is 24.3 Å². The number of carbonyl (C=O) groups is 4. The second kappa shape index (κ2) is 9.36. The fourth-order valence-corrected chi connectivity index (χ4v) is 3.92. The van der Waals surface area contributed by atoms with Crippen molar-refractivity contribution in [1.82, 2.24) is 9.80 Å². The van der Waals surface area contributed by atoms with Crippen molar-refractivity contribution >= 4 is 53.2 Å². The number of amides is 4. The van der Waals surface area contributed by atoms with E-state index in [4.69, 9.17) is 28.3 Å². The van der Waals surface area contributed by atoms with Crippen molar-refractivity contribution in [2.45, 2.75) is 12.5 Å². The number of nitrogens with zero attached hydrogens (tertiary/aromatic N) is 3. The van der Waals surface area contributed by atoms with Crippen LogP contribution < -0.4 is 4.90 Å². The summed E-state index contributed by atoms with van der Waals surface area (Å²) in [6, 6.07) is 9.86. The van der Waals surface area contributed by atoms with Crippen LogP contribution in [0.3, 0.4) is 0 Å². The molecule has 1 N–H and O–H groups in total. The zero-order valence-corrected chi connectivity index (χ0v) is 18.0. The zero-order chi connectivity index (χ0) is 22.7. The number of aliphatic carboxylic acids is 1. The van der Waals surface area contributed by atoms with E-state index in [1.165, 1.54) is 25.2 Å². The molecule has 0 saturated heterocycles. The molecule has 0 saturated carbocycles. The molecule has 10 heteroatoms. The van der Waals surface area contributed by atoms with Gasteiger partial charge in [0.15, 0.2) is 0 Å². The average Bonchev–Trinajstić information content (AvgIpc) is 2.99. The van der Waals surface area contributed by atoms with Crippen LogP contribution in [0.5, 0.6) is 0 Å². The highest BCUT2D eigenvalue weighted by Gasteiger charge is 2.43. The summed E-state index contributed by atoms with van der Waals surface area (Å²) < 4.78 is 0. The molecule has 1 aliphatic rings. The summed E-state index contributed by atoms with van der Waals surface area (Å²) in [5, 5.41) is 10.0. The maximum Gasteiger partial charge on any atom is 0.327 e. The number of imide groups is 1. The van der Waals surface area contributed by atoms with E-state index in [-0.39, 0.29) is 6.54 Å². The molecule has 0 aliphatic carbocycles. The Bertz CT molecular complexity index is 1050. The predicted octanol–water partition coefficient (Wildman–Crippen LogP) is 3.22. The molecule has 0 fully saturated rings. The average molecular weight is 464 g/mol. The van der Waals surface area contributed by atoms with Crippen LogP contribution in [0.1, 0.15) is 17.2 Å². The Morgan fingerprint density at radius 2 is 1.90 bits per heavy atom. The van der Waals surface area contributed by atoms with Crippen LogP contribution in [0.25, 0.3) is 0 Å². The van der Waals surface area contributed by atoms with Crippen LogP contribution in [0, 0.1) is 0 Å². The molecule has 162 valence electrons. The minimum absolute atomic E-state index is 0.0541. The van der Waals surface area contributed by atoms with Gasteiger partial charge in [0.05, 0.1) is 5.69 Å². The molecule has 2 aromatic rings. The van der Waals surface area contributed by atoms with Crippen LogP contribution in [0.4, 0.5) is 10.5 Å². The maximum absolute atomic E-state index is 13.0. The van der Waals surface area contributed by atoms with Crippen LogP contribution in [0.15, 0.2) is 42.5 Å². The number of carbonyl (C=O) groups excluding carboxylic acids is 3. The van der Waals surface area contributed by atoms with Gasteiger partial charge in [-0.15, -0.1) is 0 Å². The highest BCUT2D eigenvalue weighted by Crippen LogP contribution is 2.40. The molecule has 31 heavy (non-hydrogen) atoms. The Labute approximate surface area is 188 Å². The summed E-state index contributed by atoms with van der Waals surface area (Å²) in [4.78, 5) is 52.0. The first-order valence-electron chi connectivity index (χ1n) is 9.29. The smallest absolute Gasteiger partial charge is 0.327 e. The number of hydrogen-bond acceptors (Lipinski definition) is 4. The summed E-state index contributed by atoms with van der Waals surface area (Å²) >= 11 is 12.2. The van der Waals surface area contributed by atoms with Gasteiger partial charge in [-0.05, 0) is 36.2 Å². The van der Waals surface area contributed by atoms with Gasteiger partial charge >= 0.3 is 12.0 Å². The Balaban J connectivity index is 1.83. The Kier molecular flexibility index (Phi) is 6.82. The summed E-state index contributed by atoms with van der Waals surface area (Å²) in [5.74, 6) is -1.79. The van der Waals surface area contributed by atoms with Crippen LogP contribution >= 0.6 is 23.2 Å². The van der Waals surface area contributed by atoms with Gasteiger partial charge in [-0.25, -0.2) is 4.79 Å². The number of anilines is 1. The van der Waals surface area contributed by atoms with Crippen molar-refractivity contribution in [1.29, 1.82) is 0 Å². The summed E-state index contributed by atoms with van der Waals surface area (Å²) in [6.45, 7) is -0.505. The SMILES string of the molecule is CN(C(=O)N(C=O)CCc1ccccc1Cl)C1C(=O)N(CC(=O)O)c2ccc(Cl)cc21. The van der Waals surface area contributed by atoms with E-state index in [9.17, 15) is 19.2 Å². The number of urea groups is 1. The van der Waals surface area contributed by atoms with Gasteiger partial charge in [0.2, 0.25) is 6.41 Å². The molecule has 0 radical (unpaired) electrons. The highest BCUT2D eigenvalue weighted by molar-refractivity contribution is 6.31. The lowest BCUT2D eigenvalue weighted by Crippen LogP contribution is -2.46. The topological polar surface area (TPSA) is 98.2 Å². The quantitative estimate of drug-likeness (QED) is 0.635. The van der Waals surface area contributed by atoms with E-state index >= 15 is 0 Å². The zero-order valence-electron chi connectivity index (χ0n) is 16.5. The van der Waals surface area contributed by atoms with E-state index in [1.807, 2.05) is 0 Å². The molecule has 1 unspecified atom stereocenters. The first-order valence-corrected chi connectivity index (χ1v) is 10.0. The second-order valence-corrected chi connectivity index (χ2v) is 7.80. The fraction of sp³-hybridized carbons (Fsp3) is 0.238. The molecule has 1 heterocycles. The summed E-state index contributed by atoms with van der Waals surface area (Å²) in [7, 11) is 1.38. The van der Waals surface area contributed by atoms with Gasteiger partial charge in [-0.3, -0.25) is 24.2 Å². The Morgan fingerprint density at radius 3 is 2.55 bits per heavy atom. The third kappa shape index (κ3) is 4.65. The Hall–Kier alpha value is -3.10. The number of fused-ring (bicyclic) bond motifs is 1. The number of rotatable bonds is 7. The van der Waals surface area contributed by atoms with Crippen LogP contribution in [0.2, 0.25) is 10.0 Å². The third-order valence-corrected chi connectivity index (χ3v) is 5.61. The van der Waals surface area contributed by atoms with Crippen LogP contribution in [-0.2, 0) is 20.8 Å². The third-order valence-electron chi connectivity index (χ3n) is 5.01. The van der Waals surface area contributed by atoms with Crippen molar-refractivity contribution in [3.05, 3.63) is 63.6 Å². The number of hydrogen-bond donors (Lipinski definition) is 1. The monoisotopic (exact) mass is 463 g/mol. The molecule has 3 rings (SSSR count). The molecule has 0 bridgehead atoms. The molecule has 8 nitrogen and oxygen atoms in total. The van der Waals surface area contributed by atoms with Crippen molar-refractivity contribution in [2.24, 2.45) is 0 Å². The molecular formula is C21H19Cl2N3O5. The molecule has 0 aromatic heterocycles. The van der Waals surface area contributed by atoms with Gasteiger partial charge in [-0.2, -0.15) is 0 Å². The number of carboxylic acid groups (broad SMARTS) is 1. The van der Waals surface area contributed by atoms with E-state index < -0.39 is 30.5 Å². The molecule has 1 atom stereocenters. The minimum atomic E-state index is -1.20. The first-order chi connectivity index (χ1) is 14.7. The van der Waals surface area contributed by atoms with E-state index in [0.717, 1.165) is 20.3 Å². The molecular weight excluding hydrogens is 445 g/mol. The summed E-state index contributed by atoms with van der Waals surface area (Å²) in [5.41, 5.74) is 1.52. The van der Waals surface area contributed by atoms with Gasteiger partial charge in [0.1, 0.15) is 12.6 Å². The van der Waals surface area contributed by atoms with Crippen molar-refractivity contribution in [3.63, 3.8) is 0 Å². The normalized spacial score (nSPS) is 14.9. The lowest BCUT2D eigenvalue weighted by atomic mass is 10.1. The molecule has 2 aromatic carbocycles. The largest absolute Gasteiger partial charge is 0.480 e. The second-order valence-electron chi connectivity index (χ2n) is 6.96. The van der Waals surface area contributed by atoms with Crippen molar-refractivity contribution in [3.8, 4) is 0 Å². The number of likely N-dealkylation sites (N-methyl/N-ethyl adjacent to an activating group) is 1. The standard InChI is InChI=1S/C21H19Cl2N3O5/c1-24(21(31)25(12-27)9-8-13-4-2-3-5-16(13)23)19-15-10-14(22)6-7-17(15)26(20(19)30)11-18(28)29/h2-7,10,12,19H,8-9,11H2,1H3,(H,28,29). The van der Waals surface area contributed by atoms with E-state index in [2.05, 4.69) is 0 Å². The van der Waals surface area contributed by atoms with Crippen LogP contribution in [-0.4, -0.2) is 59.4 Å². The fourth-order valence-electron chi connectivity index (χ4n) is 3.51. The van der Waals surface area contributed by atoms with Gasteiger partial charge in [0, 0.05) is 29.2 Å². The van der Waals surface area contributed by atoms with Gasteiger partial charge in [-0.1, -0.05) is 41.4 Å². The summed E-state index contributed by atoms with van der Waals surface area (Å²) in [6.07, 6.45) is 0.729. The lowest BCUT2D eigenvalue weighted by molar-refractivity contribution is -0.137. The van der Waals surface area contributed by atoms with Gasteiger partial charge in [0.25, 0.3) is 5.91 Å². The number of carboxylic acids is 1. The molecule has 1 aliphatic heterocycles. The molecule has 0 spiro atoms. The number of halogens is 2. The van der Waals surface area contributed by atoms with Gasteiger partial charge < -0.3 is 10.0 Å². The highest BCUT2D eigenvalue weighted by atomic mass is 35.5. The number of benzene rings is 2. The van der Waals surface area contributed by atoms with Crippen molar-refractivity contribution in [2.75, 3.05) is 25.0 Å². The Morgan fingerprint density at radius 1 is 1.19 bits per heavy atom.